The maximum absolute atomic E-state index is 12.8. The van der Waals surface area contributed by atoms with Crippen molar-refractivity contribution in [1.82, 2.24) is 0 Å². The van der Waals surface area contributed by atoms with Gasteiger partial charge in [0.25, 0.3) is 0 Å². The SMILES string of the molecule is CC/C=C\C/C=C\C/C=C\C/C=C\CCCCC(=O)OC(COC(=O)CCCCCCCCCCCC/C=C\C/C=C\C/C=C\CCCCCCC)COC(=O)CCCCCCCCCCCCCC. The minimum Gasteiger partial charge on any atom is -0.462 e. The van der Waals surface area contributed by atoms with Crippen molar-refractivity contribution in [3.05, 3.63) is 85.1 Å². The molecule has 0 aromatic carbocycles. The van der Waals surface area contributed by atoms with E-state index < -0.39 is 6.10 Å². The first-order valence-corrected chi connectivity index (χ1v) is 29.6. The molecule has 0 aromatic rings. The van der Waals surface area contributed by atoms with Gasteiger partial charge in [-0.3, -0.25) is 14.4 Å². The average Bonchev–Trinajstić information content (AvgIpc) is 3.36. The molecule has 0 radical (unpaired) electrons. The standard InChI is InChI=1S/C64H110O6/c1-4-7-10-13-16-19-22-25-27-28-29-30-31-32-33-34-35-36-38-39-42-45-48-51-54-57-63(66)69-60-61(59-68-62(65)56-53-50-47-44-41-24-21-18-15-12-9-6-3)70-64(67)58-55-52-49-46-43-40-37-26-23-20-17-14-11-8-5-2/h8,11,17,20,22,25-26,28-29,31-32,37,43,46,61H,4-7,9-10,12-16,18-19,21,23-24,27,30,33-36,38-42,44-45,47-60H2,1-3H3/b11-8-,20-17-,25-22-,29-28-,32-31-,37-26-,46-43-. The van der Waals surface area contributed by atoms with E-state index in [1.165, 1.54) is 148 Å². The lowest BCUT2D eigenvalue weighted by atomic mass is 10.0. The molecular weight excluding hydrogens is 865 g/mol. The van der Waals surface area contributed by atoms with E-state index in [0.717, 1.165) is 89.9 Å². The summed E-state index contributed by atoms with van der Waals surface area (Å²) in [5, 5.41) is 0. The summed E-state index contributed by atoms with van der Waals surface area (Å²) in [4.78, 5) is 38.1. The number of carbonyl (C=O) groups excluding carboxylic acids is 3. The van der Waals surface area contributed by atoms with Gasteiger partial charge in [0.05, 0.1) is 0 Å². The van der Waals surface area contributed by atoms with Gasteiger partial charge in [-0.15, -0.1) is 0 Å². The molecule has 0 heterocycles. The highest BCUT2D eigenvalue weighted by molar-refractivity contribution is 5.71. The molecule has 0 saturated carbocycles. The van der Waals surface area contributed by atoms with Gasteiger partial charge in [-0.1, -0.05) is 254 Å². The Hall–Kier alpha value is -3.41. The number of hydrogen-bond acceptors (Lipinski definition) is 6. The zero-order valence-corrected chi connectivity index (χ0v) is 46.0. The van der Waals surface area contributed by atoms with Crippen LogP contribution in [0.25, 0.3) is 0 Å². The molecule has 0 aliphatic carbocycles. The monoisotopic (exact) mass is 975 g/mol. The van der Waals surface area contributed by atoms with Crippen molar-refractivity contribution >= 4 is 17.9 Å². The molecule has 70 heavy (non-hydrogen) atoms. The van der Waals surface area contributed by atoms with Crippen molar-refractivity contribution in [3.8, 4) is 0 Å². The molecule has 0 aliphatic rings. The summed E-state index contributed by atoms with van der Waals surface area (Å²) >= 11 is 0. The number of rotatable bonds is 53. The number of unbranched alkanes of at least 4 members (excludes halogenated alkanes) is 28. The lowest BCUT2D eigenvalue weighted by molar-refractivity contribution is -0.167. The zero-order chi connectivity index (χ0) is 50.7. The average molecular weight is 976 g/mol. The minimum absolute atomic E-state index is 0.0925. The largest absolute Gasteiger partial charge is 0.462 e. The molecule has 0 bridgehead atoms. The van der Waals surface area contributed by atoms with Gasteiger partial charge >= 0.3 is 17.9 Å². The lowest BCUT2D eigenvalue weighted by Crippen LogP contribution is -2.30. The molecule has 0 fully saturated rings. The van der Waals surface area contributed by atoms with Crippen molar-refractivity contribution in [2.45, 2.75) is 290 Å². The summed E-state index contributed by atoms with van der Waals surface area (Å²) in [5.74, 6) is -0.932. The molecule has 0 amide bonds. The van der Waals surface area contributed by atoms with Crippen LogP contribution in [-0.2, 0) is 28.6 Å². The number of allylic oxidation sites excluding steroid dienone is 14. The molecule has 0 aliphatic heterocycles. The third-order valence-corrected chi connectivity index (χ3v) is 12.6. The van der Waals surface area contributed by atoms with Crippen LogP contribution in [0.1, 0.15) is 284 Å². The van der Waals surface area contributed by atoms with E-state index in [2.05, 4.69) is 106 Å². The van der Waals surface area contributed by atoms with Gasteiger partial charge in [0, 0.05) is 19.3 Å². The predicted molar refractivity (Wildman–Crippen MR) is 302 cm³/mol. The van der Waals surface area contributed by atoms with Gasteiger partial charge in [-0.2, -0.15) is 0 Å². The van der Waals surface area contributed by atoms with E-state index in [1.54, 1.807) is 0 Å². The topological polar surface area (TPSA) is 78.9 Å². The molecular formula is C64H110O6. The second-order valence-electron chi connectivity index (χ2n) is 19.5. The normalized spacial score (nSPS) is 12.7. The highest BCUT2D eigenvalue weighted by Gasteiger charge is 2.19. The summed E-state index contributed by atoms with van der Waals surface area (Å²) in [6, 6.07) is 0. The quantitative estimate of drug-likeness (QED) is 0.0261. The summed E-state index contributed by atoms with van der Waals surface area (Å²) in [6.45, 7) is 6.49. The van der Waals surface area contributed by atoms with Gasteiger partial charge in [-0.05, 0) is 96.3 Å². The van der Waals surface area contributed by atoms with Crippen LogP contribution in [0.3, 0.4) is 0 Å². The van der Waals surface area contributed by atoms with Crippen LogP contribution in [0.4, 0.5) is 0 Å². The molecule has 6 nitrogen and oxygen atoms in total. The maximum atomic E-state index is 12.8. The van der Waals surface area contributed by atoms with Gasteiger partial charge in [0.1, 0.15) is 13.2 Å². The molecule has 0 saturated heterocycles. The summed E-state index contributed by atoms with van der Waals surface area (Å²) < 4.78 is 16.8. The molecule has 0 spiro atoms. The van der Waals surface area contributed by atoms with E-state index >= 15 is 0 Å². The Balaban J connectivity index is 4.33. The second-order valence-corrected chi connectivity index (χ2v) is 19.5. The molecule has 402 valence electrons. The predicted octanol–water partition coefficient (Wildman–Crippen LogP) is 19.9. The van der Waals surface area contributed by atoms with E-state index in [0.29, 0.717) is 19.3 Å². The van der Waals surface area contributed by atoms with E-state index in [-0.39, 0.29) is 37.5 Å². The fraction of sp³-hybridized carbons (Fsp3) is 0.734. The maximum Gasteiger partial charge on any atom is 0.306 e. The van der Waals surface area contributed by atoms with Crippen molar-refractivity contribution in [2.75, 3.05) is 13.2 Å². The van der Waals surface area contributed by atoms with Crippen LogP contribution in [-0.4, -0.2) is 37.2 Å². The molecule has 0 N–H and O–H groups in total. The lowest BCUT2D eigenvalue weighted by Gasteiger charge is -2.18. The van der Waals surface area contributed by atoms with Crippen molar-refractivity contribution in [2.24, 2.45) is 0 Å². The van der Waals surface area contributed by atoms with Crippen LogP contribution >= 0.6 is 0 Å². The first kappa shape index (κ1) is 66.6. The number of carbonyl (C=O) groups is 3. The Morgan fingerprint density at radius 3 is 0.900 bits per heavy atom. The van der Waals surface area contributed by atoms with E-state index in [1.807, 2.05) is 0 Å². The molecule has 1 atom stereocenters. The van der Waals surface area contributed by atoms with E-state index in [9.17, 15) is 14.4 Å². The van der Waals surface area contributed by atoms with E-state index in [4.69, 9.17) is 14.2 Å². The summed E-state index contributed by atoms with van der Waals surface area (Å²) in [6.07, 6.45) is 75.8. The van der Waals surface area contributed by atoms with Crippen molar-refractivity contribution in [1.29, 1.82) is 0 Å². The minimum atomic E-state index is -0.798. The van der Waals surface area contributed by atoms with Crippen molar-refractivity contribution < 1.29 is 28.6 Å². The first-order chi connectivity index (χ1) is 34.5. The van der Waals surface area contributed by atoms with Crippen LogP contribution in [0.5, 0.6) is 0 Å². The Morgan fingerprint density at radius 1 is 0.300 bits per heavy atom. The fourth-order valence-electron chi connectivity index (χ4n) is 8.21. The second kappa shape index (κ2) is 58.2. The zero-order valence-electron chi connectivity index (χ0n) is 46.0. The van der Waals surface area contributed by atoms with Crippen LogP contribution in [0, 0.1) is 0 Å². The van der Waals surface area contributed by atoms with Crippen LogP contribution in [0.15, 0.2) is 85.1 Å². The van der Waals surface area contributed by atoms with Gasteiger partial charge < -0.3 is 14.2 Å². The third-order valence-electron chi connectivity index (χ3n) is 12.6. The Morgan fingerprint density at radius 2 is 0.557 bits per heavy atom. The van der Waals surface area contributed by atoms with Gasteiger partial charge in [0.2, 0.25) is 0 Å². The fourth-order valence-corrected chi connectivity index (χ4v) is 8.21. The molecule has 0 aromatic heterocycles. The highest BCUT2D eigenvalue weighted by atomic mass is 16.6. The number of hydrogen-bond donors (Lipinski definition) is 0. The highest BCUT2D eigenvalue weighted by Crippen LogP contribution is 2.15. The number of esters is 3. The molecule has 6 heteroatoms. The molecule has 0 rings (SSSR count). The Labute approximate surface area is 433 Å². The smallest absolute Gasteiger partial charge is 0.306 e. The molecule has 1 unspecified atom stereocenters. The first-order valence-electron chi connectivity index (χ1n) is 29.6. The Bertz CT molecular complexity index is 1350. The summed E-state index contributed by atoms with van der Waals surface area (Å²) in [7, 11) is 0. The van der Waals surface area contributed by atoms with Crippen LogP contribution < -0.4 is 0 Å². The van der Waals surface area contributed by atoms with Crippen molar-refractivity contribution in [3.63, 3.8) is 0 Å². The summed E-state index contributed by atoms with van der Waals surface area (Å²) in [5.41, 5.74) is 0. The third kappa shape index (κ3) is 55.5. The Kier molecular flexibility index (Phi) is 55.3. The number of ether oxygens (including phenoxy) is 3. The van der Waals surface area contributed by atoms with Gasteiger partial charge in [-0.25, -0.2) is 0 Å². The van der Waals surface area contributed by atoms with Gasteiger partial charge in [0.15, 0.2) is 6.10 Å². The van der Waals surface area contributed by atoms with Crippen LogP contribution in [0.2, 0.25) is 0 Å².